The number of likely N-dealkylation sites (tertiary alicyclic amines) is 1. The zero-order valence-electron chi connectivity index (χ0n) is 15.0. The number of aromatic nitrogens is 4. The molecule has 0 aromatic carbocycles. The fourth-order valence-corrected chi connectivity index (χ4v) is 3.45. The normalized spacial score (nSPS) is 18.2. The van der Waals surface area contributed by atoms with Gasteiger partial charge in [-0.15, -0.1) is 0 Å². The van der Waals surface area contributed by atoms with E-state index in [1.165, 1.54) is 0 Å². The molecule has 1 amide bonds. The van der Waals surface area contributed by atoms with E-state index in [-0.39, 0.29) is 5.91 Å². The largest absolute Gasteiger partial charge is 0.382 e. The predicted molar refractivity (Wildman–Crippen MR) is 95.8 cm³/mol. The second-order valence-electron chi connectivity index (χ2n) is 6.90. The smallest absolute Gasteiger partial charge is 0.244 e. The van der Waals surface area contributed by atoms with Crippen molar-refractivity contribution in [1.29, 1.82) is 0 Å². The van der Waals surface area contributed by atoms with Gasteiger partial charge in [0, 0.05) is 18.8 Å². The van der Waals surface area contributed by atoms with E-state index in [9.17, 15) is 4.79 Å². The first kappa shape index (κ1) is 17.4. The number of carbonyl (C=O) groups excluding carboxylic acids is 1. The van der Waals surface area contributed by atoms with Crippen LogP contribution in [0.1, 0.15) is 36.3 Å². The van der Waals surface area contributed by atoms with Crippen molar-refractivity contribution in [2.75, 3.05) is 18.8 Å². The second kappa shape index (κ2) is 7.63. The van der Waals surface area contributed by atoms with Crippen molar-refractivity contribution in [2.24, 2.45) is 5.92 Å². The van der Waals surface area contributed by atoms with Gasteiger partial charge >= 0.3 is 0 Å². The Morgan fingerprint density at radius 3 is 2.76 bits per heavy atom. The molecule has 3 heterocycles. The van der Waals surface area contributed by atoms with E-state index in [1.807, 2.05) is 24.8 Å². The molecule has 2 aromatic heterocycles. The van der Waals surface area contributed by atoms with Gasteiger partial charge in [0.25, 0.3) is 0 Å². The minimum absolute atomic E-state index is 0.152. The molecule has 134 valence electrons. The molecule has 0 aliphatic carbocycles. The van der Waals surface area contributed by atoms with Crippen LogP contribution in [0, 0.1) is 19.8 Å². The molecule has 2 aromatic rings. The Balaban J connectivity index is 1.54. The van der Waals surface area contributed by atoms with Crippen molar-refractivity contribution in [3.05, 3.63) is 35.5 Å². The number of amides is 1. The monoisotopic (exact) mass is 342 g/mol. The van der Waals surface area contributed by atoms with Crippen LogP contribution in [0.15, 0.2) is 18.5 Å². The highest BCUT2D eigenvalue weighted by Gasteiger charge is 2.22. The highest BCUT2D eigenvalue weighted by molar-refractivity contribution is 5.76. The first-order chi connectivity index (χ1) is 12.0. The third-order valence-corrected chi connectivity index (χ3v) is 4.81. The molecule has 0 spiro atoms. The summed E-state index contributed by atoms with van der Waals surface area (Å²) >= 11 is 0. The average molecular weight is 342 g/mol. The zero-order chi connectivity index (χ0) is 17.8. The molecule has 0 bridgehead atoms. The molecule has 3 rings (SSSR count). The lowest BCUT2D eigenvalue weighted by Crippen LogP contribution is -2.35. The van der Waals surface area contributed by atoms with E-state index < -0.39 is 0 Å². The van der Waals surface area contributed by atoms with Gasteiger partial charge in [0.1, 0.15) is 12.4 Å². The van der Waals surface area contributed by atoms with Gasteiger partial charge < -0.3 is 10.6 Å². The van der Waals surface area contributed by atoms with Gasteiger partial charge in [-0.05, 0) is 51.5 Å². The minimum Gasteiger partial charge on any atom is -0.382 e. The summed E-state index contributed by atoms with van der Waals surface area (Å²) in [6, 6.07) is 2.00. The zero-order valence-corrected chi connectivity index (χ0v) is 15.0. The second-order valence-corrected chi connectivity index (χ2v) is 6.90. The molecule has 25 heavy (non-hydrogen) atoms. The quantitative estimate of drug-likeness (QED) is 0.914. The number of nitrogen functional groups attached to an aromatic ring is 1. The number of anilines is 1. The maximum Gasteiger partial charge on any atom is 0.244 e. The summed E-state index contributed by atoms with van der Waals surface area (Å²) in [4.78, 5) is 23.0. The fourth-order valence-electron chi connectivity index (χ4n) is 3.45. The van der Waals surface area contributed by atoms with Crippen LogP contribution < -0.4 is 5.73 Å². The molecule has 2 N–H and O–H groups in total. The van der Waals surface area contributed by atoms with Gasteiger partial charge in [0.2, 0.25) is 5.91 Å². The van der Waals surface area contributed by atoms with E-state index in [2.05, 4.69) is 15.1 Å². The molecule has 1 fully saturated rings. The lowest BCUT2D eigenvalue weighted by molar-refractivity contribution is -0.132. The molecule has 1 saturated heterocycles. The first-order valence-corrected chi connectivity index (χ1v) is 8.86. The van der Waals surface area contributed by atoms with Crippen LogP contribution in [0.3, 0.4) is 0 Å². The highest BCUT2D eigenvalue weighted by Crippen LogP contribution is 2.21. The number of aryl methyl sites for hydroxylation is 2. The fraction of sp³-hybridized carbons (Fsp3) is 0.556. The summed E-state index contributed by atoms with van der Waals surface area (Å²) in [5.74, 6) is 1.13. The van der Waals surface area contributed by atoms with Gasteiger partial charge in [-0.1, -0.05) is 0 Å². The number of hydrogen-bond acceptors (Lipinski definition) is 5. The van der Waals surface area contributed by atoms with Crippen molar-refractivity contribution in [3.8, 4) is 0 Å². The molecular formula is C18H26N6O. The topological polar surface area (TPSA) is 89.9 Å². The third-order valence-electron chi connectivity index (χ3n) is 4.81. The molecule has 1 atom stereocenters. The molecule has 7 nitrogen and oxygen atoms in total. The van der Waals surface area contributed by atoms with Crippen LogP contribution in [0.25, 0.3) is 0 Å². The Morgan fingerprint density at radius 2 is 2.08 bits per heavy atom. The van der Waals surface area contributed by atoms with Crippen LogP contribution in [0.5, 0.6) is 0 Å². The number of rotatable bonds is 4. The summed E-state index contributed by atoms with van der Waals surface area (Å²) in [7, 11) is 0. The van der Waals surface area contributed by atoms with Crippen molar-refractivity contribution >= 4 is 11.7 Å². The van der Waals surface area contributed by atoms with Crippen LogP contribution in [0.4, 0.5) is 5.82 Å². The summed E-state index contributed by atoms with van der Waals surface area (Å²) in [6.45, 7) is 5.88. The predicted octanol–water partition coefficient (Wildman–Crippen LogP) is 1.74. The molecule has 1 aliphatic rings. The molecule has 0 saturated carbocycles. The van der Waals surface area contributed by atoms with Crippen LogP contribution in [-0.4, -0.2) is 43.6 Å². The summed E-state index contributed by atoms with van der Waals surface area (Å²) in [5, 5.41) is 4.39. The number of nitrogens with two attached hydrogens (primary N) is 1. The third kappa shape index (κ3) is 4.55. The van der Waals surface area contributed by atoms with Crippen molar-refractivity contribution in [1.82, 2.24) is 24.6 Å². The Labute approximate surface area is 148 Å². The Hall–Kier alpha value is -2.44. The Bertz CT molecular complexity index is 724. The Kier molecular flexibility index (Phi) is 5.31. The lowest BCUT2D eigenvalue weighted by Gasteiger charge is -2.21. The average Bonchev–Trinajstić information content (AvgIpc) is 2.76. The lowest BCUT2D eigenvalue weighted by atomic mass is 9.95. The van der Waals surface area contributed by atoms with Gasteiger partial charge in [-0.25, -0.2) is 4.98 Å². The maximum atomic E-state index is 12.6. The highest BCUT2D eigenvalue weighted by atomic mass is 16.2. The van der Waals surface area contributed by atoms with E-state index in [0.717, 1.165) is 55.9 Å². The minimum atomic E-state index is 0.152. The summed E-state index contributed by atoms with van der Waals surface area (Å²) < 4.78 is 1.80. The summed E-state index contributed by atoms with van der Waals surface area (Å²) in [5.41, 5.74) is 8.54. The number of carbonyl (C=O) groups is 1. The Morgan fingerprint density at radius 1 is 1.24 bits per heavy atom. The maximum absolute atomic E-state index is 12.6. The van der Waals surface area contributed by atoms with Crippen molar-refractivity contribution in [2.45, 2.75) is 46.1 Å². The van der Waals surface area contributed by atoms with Crippen LogP contribution in [0.2, 0.25) is 0 Å². The standard InChI is InChI=1S/C18H26N6O/c1-13-8-14(2)24(22-13)12-18(25)23-6-3-4-15(5-7-23)9-16-10-21-17(19)11-20-16/h8,10-11,15H,3-7,9,12H2,1-2H3,(H2,19,21)/t15-/m1/s1. The van der Waals surface area contributed by atoms with Crippen LogP contribution >= 0.6 is 0 Å². The van der Waals surface area contributed by atoms with E-state index in [4.69, 9.17) is 5.73 Å². The molecule has 0 radical (unpaired) electrons. The summed E-state index contributed by atoms with van der Waals surface area (Å²) in [6.07, 6.45) is 7.38. The first-order valence-electron chi connectivity index (χ1n) is 8.86. The number of nitrogens with zero attached hydrogens (tertiary/aromatic N) is 5. The number of hydrogen-bond donors (Lipinski definition) is 1. The van der Waals surface area contributed by atoms with Gasteiger partial charge in [-0.3, -0.25) is 14.5 Å². The van der Waals surface area contributed by atoms with E-state index >= 15 is 0 Å². The molecule has 7 heteroatoms. The molecule has 0 unspecified atom stereocenters. The van der Waals surface area contributed by atoms with Crippen LogP contribution in [-0.2, 0) is 17.8 Å². The van der Waals surface area contributed by atoms with E-state index in [0.29, 0.717) is 18.3 Å². The van der Waals surface area contributed by atoms with Crippen molar-refractivity contribution in [3.63, 3.8) is 0 Å². The van der Waals surface area contributed by atoms with E-state index in [1.54, 1.807) is 17.1 Å². The SMILES string of the molecule is Cc1cc(C)n(CC(=O)N2CCC[C@@H](Cc3cnc(N)cn3)CC2)n1. The van der Waals surface area contributed by atoms with Gasteiger partial charge in [0.05, 0.1) is 23.8 Å². The van der Waals surface area contributed by atoms with Gasteiger partial charge in [0.15, 0.2) is 0 Å². The molecular weight excluding hydrogens is 316 g/mol. The van der Waals surface area contributed by atoms with Gasteiger partial charge in [-0.2, -0.15) is 5.10 Å². The molecule has 1 aliphatic heterocycles. The van der Waals surface area contributed by atoms with Crippen molar-refractivity contribution < 1.29 is 4.79 Å².